The zero-order valence-corrected chi connectivity index (χ0v) is 14.2. The molecule has 0 radical (unpaired) electrons. The van der Waals surface area contributed by atoms with Crippen LogP contribution < -0.4 is 5.32 Å². The summed E-state index contributed by atoms with van der Waals surface area (Å²) in [6, 6.07) is 11.9. The van der Waals surface area contributed by atoms with Gasteiger partial charge >= 0.3 is 0 Å². The molecule has 1 amide bonds. The van der Waals surface area contributed by atoms with Crippen LogP contribution >= 0.6 is 0 Å². The van der Waals surface area contributed by atoms with E-state index in [1.54, 1.807) is 24.9 Å². The van der Waals surface area contributed by atoms with Gasteiger partial charge in [-0.1, -0.05) is 37.3 Å². The standard InChI is InChI=1S/C18H24N4O/c1-5-13(2)19-17-11-16(20-14(3)21-17)18(23)22(4)12-15-9-7-6-8-10-15/h6-11,13H,5,12H2,1-4H3,(H,19,20,21). The Labute approximate surface area is 137 Å². The molecule has 1 atom stereocenters. The highest BCUT2D eigenvalue weighted by molar-refractivity contribution is 5.92. The average Bonchev–Trinajstić information content (AvgIpc) is 2.54. The molecule has 0 spiro atoms. The number of carbonyl (C=O) groups is 1. The van der Waals surface area contributed by atoms with Crippen LogP contribution in [0, 0.1) is 6.92 Å². The first-order valence-electron chi connectivity index (χ1n) is 7.91. The molecule has 0 bridgehead atoms. The Hall–Kier alpha value is -2.43. The van der Waals surface area contributed by atoms with Gasteiger partial charge in [-0.05, 0) is 25.8 Å². The summed E-state index contributed by atoms with van der Waals surface area (Å²) in [4.78, 5) is 22.9. The number of hydrogen-bond acceptors (Lipinski definition) is 4. The maximum Gasteiger partial charge on any atom is 0.272 e. The Bertz CT molecular complexity index is 657. The number of nitrogens with zero attached hydrogens (tertiary/aromatic N) is 3. The molecule has 0 saturated heterocycles. The van der Waals surface area contributed by atoms with Gasteiger partial charge in [0, 0.05) is 25.7 Å². The van der Waals surface area contributed by atoms with Crippen molar-refractivity contribution in [3.8, 4) is 0 Å². The number of rotatable bonds is 6. The van der Waals surface area contributed by atoms with Crippen LogP contribution in [0.3, 0.4) is 0 Å². The normalized spacial score (nSPS) is 11.8. The number of aryl methyl sites for hydroxylation is 1. The van der Waals surface area contributed by atoms with Crippen molar-refractivity contribution in [2.75, 3.05) is 12.4 Å². The van der Waals surface area contributed by atoms with Gasteiger partial charge in [-0.2, -0.15) is 0 Å². The third-order valence-electron chi connectivity index (χ3n) is 3.67. The van der Waals surface area contributed by atoms with Crippen LogP contribution in [0.15, 0.2) is 36.4 Å². The third kappa shape index (κ3) is 4.77. The van der Waals surface area contributed by atoms with Gasteiger partial charge in [-0.25, -0.2) is 9.97 Å². The van der Waals surface area contributed by atoms with Crippen LogP contribution in [0.2, 0.25) is 0 Å². The number of anilines is 1. The Kier molecular flexibility index (Phi) is 5.68. The zero-order chi connectivity index (χ0) is 16.8. The smallest absolute Gasteiger partial charge is 0.272 e. The summed E-state index contributed by atoms with van der Waals surface area (Å²) in [6.07, 6.45) is 0.986. The molecule has 5 nitrogen and oxygen atoms in total. The lowest BCUT2D eigenvalue weighted by molar-refractivity contribution is 0.0779. The molecule has 23 heavy (non-hydrogen) atoms. The van der Waals surface area contributed by atoms with Crippen molar-refractivity contribution in [1.29, 1.82) is 0 Å². The Morgan fingerprint density at radius 1 is 1.26 bits per heavy atom. The highest BCUT2D eigenvalue weighted by Crippen LogP contribution is 2.12. The van der Waals surface area contributed by atoms with Crippen molar-refractivity contribution in [2.24, 2.45) is 0 Å². The maximum absolute atomic E-state index is 12.6. The summed E-state index contributed by atoms with van der Waals surface area (Å²) in [5.41, 5.74) is 1.51. The SMILES string of the molecule is CCC(C)Nc1cc(C(=O)N(C)Cc2ccccc2)nc(C)n1. The van der Waals surface area contributed by atoms with E-state index in [4.69, 9.17) is 0 Å². The van der Waals surface area contributed by atoms with Gasteiger partial charge in [-0.15, -0.1) is 0 Å². The molecule has 122 valence electrons. The summed E-state index contributed by atoms with van der Waals surface area (Å²) in [5.74, 6) is 1.18. The second-order valence-corrected chi connectivity index (χ2v) is 5.79. The number of nitrogens with one attached hydrogen (secondary N) is 1. The molecule has 0 fully saturated rings. The lowest BCUT2D eigenvalue weighted by atomic mass is 10.2. The number of aromatic nitrogens is 2. The molecule has 1 aromatic carbocycles. The van der Waals surface area contributed by atoms with E-state index in [0.29, 0.717) is 29.9 Å². The number of hydrogen-bond donors (Lipinski definition) is 1. The molecule has 0 aliphatic carbocycles. The average molecular weight is 312 g/mol. The molecule has 2 aromatic rings. The highest BCUT2D eigenvalue weighted by atomic mass is 16.2. The molecule has 1 unspecified atom stereocenters. The molecule has 2 rings (SSSR count). The van der Waals surface area contributed by atoms with Gasteiger partial charge in [0.1, 0.15) is 17.3 Å². The predicted octanol–water partition coefficient (Wildman–Crippen LogP) is 3.27. The van der Waals surface area contributed by atoms with Gasteiger partial charge in [0.2, 0.25) is 0 Å². The van der Waals surface area contributed by atoms with Crippen molar-refractivity contribution in [1.82, 2.24) is 14.9 Å². The van der Waals surface area contributed by atoms with Gasteiger partial charge < -0.3 is 10.2 Å². The fraction of sp³-hybridized carbons (Fsp3) is 0.389. The van der Waals surface area contributed by atoms with E-state index in [0.717, 1.165) is 12.0 Å². The van der Waals surface area contributed by atoms with Crippen LogP contribution in [0.4, 0.5) is 5.82 Å². The minimum atomic E-state index is -0.105. The first kappa shape index (κ1) is 16.9. The predicted molar refractivity (Wildman–Crippen MR) is 92.4 cm³/mol. The quantitative estimate of drug-likeness (QED) is 0.889. The Morgan fingerprint density at radius 2 is 1.96 bits per heavy atom. The van der Waals surface area contributed by atoms with Crippen LogP contribution in [0.5, 0.6) is 0 Å². The lowest BCUT2D eigenvalue weighted by Gasteiger charge is -2.18. The van der Waals surface area contributed by atoms with E-state index in [1.165, 1.54) is 0 Å². The molecule has 1 aromatic heterocycles. The molecular weight excluding hydrogens is 288 g/mol. The fourth-order valence-electron chi connectivity index (χ4n) is 2.23. The topological polar surface area (TPSA) is 58.1 Å². The summed E-state index contributed by atoms with van der Waals surface area (Å²) in [6.45, 7) is 6.54. The van der Waals surface area contributed by atoms with Crippen molar-refractivity contribution in [3.63, 3.8) is 0 Å². The largest absolute Gasteiger partial charge is 0.368 e. The fourth-order valence-corrected chi connectivity index (χ4v) is 2.23. The molecular formula is C18H24N4O. The number of benzene rings is 1. The molecule has 1 N–H and O–H groups in total. The molecule has 0 saturated carbocycles. The van der Waals surface area contributed by atoms with Crippen LogP contribution in [0.25, 0.3) is 0 Å². The molecule has 1 heterocycles. The maximum atomic E-state index is 12.6. The van der Waals surface area contributed by atoms with E-state index < -0.39 is 0 Å². The lowest BCUT2D eigenvalue weighted by Crippen LogP contribution is -2.27. The highest BCUT2D eigenvalue weighted by Gasteiger charge is 2.16. The third-order valence-corrected chi connectivity index (χ3v) is 3.67. The molecule has 5 heteroatoms. The first-order chi connectivity index (χ1) is 11.0. The minimum Gasteiger partial charge on any atom is -0.368 e. The number of amides is 1. The summed E-state index contributed by atoms with van der Waals surface area (Å²) >= 11 is 0. The van der Waals surface area contributed by atoms with E-state index in [1.807, 2.05) is 30.3 Å². The van der Waals surface area contributed by atoms with E-state index in [2.05, 4.69) is 29.1 Å². The van der Waals surface area contributed by atoms with Crippen LogP contribution in [-0.4, -0.2) is 33.9 Å². The van der Waals surface area contributed by atoms with Gasteiger partial charge in [0.15, 0.2) is 0 Å². The molecule has 0 aliphatic rings. The monoisotopic (exact) mass is 312 g/mol. The summed E-state index contributed by atoms with van der Waals surface area (Å²) in [5, 5.41) is 3.29. The Morgan fingerprint density at radius 3 is 2.61 bits per heavy atom. The number of carbonyl (C=O) groups excluding carboxylic acids is 1. The first-order valence-corrected chi connectivity index (χ1v) is 7.91. The van der Waals surface area contributed by atoms with Crippen LogP contribution in [-0.2, 0) is 6.54 Å². The summed E-state index contributed by atoms with van der Waals surface area (Å²) < 4.78 is 0. The second-order valence-electron chi connectivity index (χ2n) is 5.79. The van der Waals surface area contributed by atoms with Gasteiger partial charge in [0.25, 0.3) is 5.91 Å². The van der Waals surface area contributed by atoms with Crippen LogP contribution in [0.1, 0.15) is 42.1 Å². The van der Waals surface area contributed by atoms with Crippen molar-refractivity contribution in [2.45, 2.75) is 39.8 Å². The van der Waals surface area contributed by atoms with Crippen molar-refractivity contribution >= 4 is 11.7 Å². The van der Waals surface area contributed by atoms with Gasteiger partial charge in [-0.3, -0.25) is 4.79 Å². The second kappa shape index (κ2) is 7.72. The van der Waals surface area contributed by atoms with E-state index >= 15 is 0 Å². The van der Waals surface area contributed by atoms with Gasteiger partial charge in [0.05, 0.1) is 0 Å². The molecule has 0 aliphatic heterocycles. The zero-order valence-electron chi connectivity index (χ0n) is 14.2. The van der Waals surface area contributed by atoms with E-state index in [-0.39, 0.29) is 5.91 Å². The van der Waals surface area contributed by atoms with Crippen molar-refractivity contribution in [3.05, 3.63) is 53.5 Å². The summed E-state index contributed by atoms with van der Waals surface area (Å²) in [7, 11) is 1.79. The minimum absolute atomic E-state index is 0.105. The van der Waals surface area contributed by atoms with E-state index in [9.17, 15) is 4.79 Å². The Balaban J connectivity index is 2.14. The van der Waals surface area contributed by atoms with Crippen molar-refractivity contribution < 1.29 is 4.79 Å².